The molecule has 1 amide bonds. The van der Waals surface area contributed by atoms with Gasteiger partial charge in [-0.1, -0.05) is 24.3 Å². The third kappa shape index (κ3) is 4.40. The first kappa shape index (κ1) is 20.2. The van der Waals surface area contributed by atoms with Crippen molar-refractivity contribution in [3.8, 4) is 28.4 Å². The zero-order valence-electron chi connectivity index (χ0n) is 17.3. The quantitative estimate of drug-likeness (QED) is 0.497. The minimum atomic E-state index is -0.237. The lowest BCUT2D eigenvalue weighted by Crippen LogP contribution is -2.23. The van der Waals surface area contributed by atoms with Crippen molar-refractivity contribution in [2.75, 3.05) is 14.2 Å². The third-order valence-electron chi connectivity index (χ3n) is 4.82. The molecule has 2 heterocycles. The van der Waals surface area contributed by atoms with Gasteiger partial charge < -0.3 is 14.8 Å². The van der Waals surface area contributed by atoms with Gasteiger partial charge in [-0.05, 0) is 35.9 Å². The normalized spacial score (nSPS) is 10.5. The van der Waals surface area contributed by atoms with Crippen LogP contribution < -0.4 is 14.8 Å². The van der Waals surface area contributed by atoms with E-state index >= 15 is 0 Å². The molecule has 0 saturated carbocycles. The number of carbonyl (C=O) groups is 1. The largest absolute Gasteiger partial charge is 0.497 e. The Morgan fingerprint density at radius 2 is 1.87 bits per heavy atom. The Kier molecular flexibility index (Phi) is 5.93. The fourth-order valence-electron chi connectivity index (χ4n) is 3.23. The average Bonchev–Trinajstić information content (AvgIpc) is 3.28. The lowest BCUT2D eigenvalue weighted by atomic mass is 10.1. The van der Waals surface area contributed by atoms with Gasteiger partial charge in [0.25, 0.3) is 5.91 Å². The highest BCUT2D eigenvalue weighted by Gasteiger charge is 2.21. The predicted molar refractivity (Wildman–Crippen MR) is 118 cm³/mol. The maximum absolute atomic E-state index is 13.1. The molecule has 2 aromatic carbocycles. The van der Waals surface area contributed by atoms with Crippen molar-refractivity contribution in [2.45, 2.75) is 6.54 Å². The molecule has 0 unspecified atom stereocenters. The molecule has 0 aliphatic heterocycles. The number of nitrogens with one attached hydrogen (secondary N) is 1. The molecule has 1 N–H and O–H groups in total. The minimum absolute atomic E-state index is 0.237. The van der Waals surface area contributed by atoms with Gasteiger partial charge in [0.2, 0.25) is 0 Å². The van der Waals surface area contributed by atoms with Crippen LogP contribution in [0.2, 0.25) is 0 Å². The molecule has 0 aliphatic carbocycles. The van der Waals surface area contributed by atoms with Gasteiger partial charge in [-0.15, -0.1) is 0 Å². The number of methoxy groups -OCH3 is 2. The summed E-state index contributed by atoms with van der Waals surface area (Å²) in [5.74, 6) is 0.989. The zero-order valence-corrected chi connectivity index (χ0v) is 17.3. The van der Waals surface area contributed by atoms with Crippen LogP contribution in [0.3, 0.4) is 0 Å². The summed E-state index contributed by atoms with van der Waals surface area (Å²) in [7, 11) is 3.17. The van der Waals surface area contributed by atoms with Crippen molar-refractivity contribution in [3.05, 3.63) is 90.4 Å². The summed E-state index contributed by atoms with van der Waals surface area (Å²) in [4.78, 5) is 17.2. The van der Waals surface area contributed by atoms with Gasteiger partial charge in [0.15, 0.2) is 0 Å². The molecule has 0 atom stereocenters. The van der Waals surface area contributed by atoms with Crippen LogP contribution in [0.4, 0.5) is 0 Å². The van der Waals surface area contributed by atoms with E-state index < -0.39 is 0 Å². The van der Waals surface area contributed by atoms with Gasteiger partial charge in [0.05, 0.1) is 25.5 Å². The Morgan fingerprint density at radius 3 is 2.58 bits per heavy atom. The number of pyridine rings is 1. The van der Waals surface area contributed by atoms with E-state index in [1.165, 1.54) is 0 Å². The van der Waals surface area contributed by atoms with E-state index in [1.54, 1.807) is 43.6 Å². The van der Waals surface area contributed by atoms with Crippen molar-refractivity contribution in [1.82, 2.24) is 20.1 Å². The Labute approximate surface area is 180 Å². The first-order valence-electron chi connectivity index (χ1n) is 9.74. The van der Waals surface area contributed by atoms with Crippen LogP contribution in [0.15, 0.2) is 79.3 Å². The molecule has 7 heteroatoms. The number of carbonyl (C=O) groups excluding carboxylic acids is 1. The molecule has 0 radical (unpaired) electrons. The van der Waals surface area contributed by atoms with Crippen LogP contribution in [-0.4, -0.2) is 34.9 Å². The molecule has 0 spiro atoms. The highest BCUT2D eigenvalue weighted by Crippen LogP contribution is 2.34. The second-order valence-corrected chi connectivity index (χ2v) is 6.78. The van der Waals surface area contributed by atoms with Crippen LogP contribution in [0.5, 0.6) is 11.5 Å². The van der Waals surface area contributed by atoms with E-state index in [0.29, 0.717) is 34.9 Å². The molecule has 4 rings (SSSR count). The molecule has 4 aromatic rings. The molecule has 156 valence electrons. The van der Waals surface area contributed by atoms with Gasteiger partial charge in [0.1, 0.15) is 17.2 Å². The molecule has 7 nitrogen and oxygen atoms in total. The van der Waals surface area contributed by atoms with E-state index in [-0.39, 0.29) is 5.91 Å². The minimum Gasteiger partial charge on any atom is -0.497 e. The Bertz CT molecular complexity index is 1170. The molecular formula is C24H22N4O3. The number of rotatable bonds is 7. The first-order chi connectivity index (χ1) is 15.2. The van der Waals surface area contributed by atoms with Gasteiger partial charge in [0, 0.05) is 36.8 Å². The fraction of sp³-hybridized carbons (Fsp3) is 0.125. The van der Waals surface area contributed by atoms with E-state index in [9.17, 15) is 4.79 Å². The standard InChI is InChI=1S/C24H22N4O3/c1-30-19-10-11-20(22(13-19)31-2)23-21(16-28(27-23)18-8-4-3-5-9-18)24(29)26-15-17-7-6-12-25-14-17/h3-14,16H,15H2,1-2H3,(H,26,29). The summed E-state index contributed by atoms with van der Waals surface area (Å²) in [5, 5.41) is 7.67. The topological polar surface area (TPSA) is 78.3 Å². The lowest BCUT2D eigenvalue weighted by Gasteiger charge is -2.10. The molecule has 0 fully saturated rings. The van der Waals surface area contributed by atoms with E-state index in [4.69, 9.17) is 14.6 Å². The summed E-state index contributed by atoms with van der Waals surface area (Å²) in [5.41, 5.74) is 3.42. The van der Waals surface area contributed by atoms with E-state index in [1.807, 2.05) is 54.6 Å². The van der Waals surface area contributed by atoms with E-state index in [0.717, 1.165) is 11.3 Å². The number of para-hydroxylation sites is 1. The van der Waals surface area contributed by atoms with Crippen LogP contribution in [0.1, 0.15) is 15.9 Å². The Balaban J connectivity index is 1.74. The second kappa shape index (κ2) is 9.13. The van der Waals surface area contributed by atoms with Crippen LogP contribution >= 0.6 is 0 Å². The van der Waals surface area contributed by atoms with Gasteiger partial charge >= 0.3 is 0 Å². The van der Waals surface area contributed by atoms with Crippen LogP contribution in [0, 0.1) is 0 Å². The predicted octanol–water partition coefficient (Wildman–Crippen LogP) is 3.88. The summed E-state index contributed by atoms with van der Waals surface area (Å²) in [6.45, 7) is 0.363. The molecule has 0 aliphatic rings. The maximum Gasteiger partial charge on any atom is 0.255 e. The van der Waals surface area contributed by atoms with Crippen LogP contribution in [-0.2, 0) is 6.54 Å². The summed E-state index contributed by atoms with van der Waals surface area (Å²) in [6, 6.07) is 18.8. The zero-order chi connectivity index (χ0) is 21.6. The summed E-state index contributed by atoms with van der Waals surface area (Å²) < 4.78 is 12.5. The van der Waals surface area contributed by atoms with Crippen molar-refractivity contribution in [2.24, 2.45) is 0 Å². The second-order valence-electron chi connectivity index (χ2n) is 6.78. The molecule has 0 bridgehead atoms. The number of hydrogen-bond acceptors (Lipinski definition) is 5. The van der Waals surface area contributed by atoms with Gasteiger partial charge in [-0.25, -0.2) is 4.68 Å². The highest BCUT2D eigenvalue weighted by molar-refractivity contribution is 6.00. The maximum atomic E-state index is 13.1. The van der Waals surface area contributed by atoms with Crippen molar-refractivity contribution in [1.29, 1.82) is 0 Å². The number of hydrogen-bond donors (Lipinski definition) is 1. The summed E-state index contributed by atoms with van der Waals surface area (Å²) >= 11 is 0. The number of amides is 1. The number of aromatic nitrogens is 3. The molecule has 2 aromatic heterocycles. The number of benzene rings is 2. The number of nitrogens with zero attached hydrogens (tertiary/aromatic N) is 3. The molecule has 31 heavy (non-hydrogen) atoms. The Hall–Kier alpha value is -4.13. The van der Waals surface area contributed by atoms with Crippen LogP contribution in [0.25, 0.3) is 16.9 Å². The average molecular weight is 414 g/mol. The summed E-state index contributed by atoms with van der Waals surface area (Å²) in [6.07, 6.45) is 5.15. The van der Waals surface area contributed by atoms with Crippen molar-refractivity contribution in [3.63, 3.8) is 0 Å². The third-order valence-corrected chi connectivity index (χ3v) is 4.82. The van der Waals surface area contributed by atoms with Gasteiger partial charge in [-0.3, -0.25) is 9.78 Å². The smallest absolute Gasteiger partial charge is 0.255 e. The molecule has 0 saturated heterocycles. The SMILES string of the molecule is COc1ccc(-c2nn(-c3ccccc3)cc2C(=O)NCc2cccnc2)c(OC)c1. The van der Waals surface area contributed by atoms with E-state index in [2.05, 4.69) is 10.3 Å². The lowest BCUT2D eigenvalue weighted by molar-refractivity contribution is 0.0951. The van der Waals surface area contributed by atoms with Crippen molar-refractivity contribution >= 4 is 5.91 Å². The van der Waals surface area contributed by atoms with Crippen molar-refractivity contribution < 1.29 is 14.3 Å². The van der Waals surface area contributed by atoms with Gasteiger partial charge in [-0.2, -0.15) is 5.10 Å². The number of ether oxygens (including phenoxy) is 2. The monoisotopic (exact) mass is 414 g/mol. The Morgan fingerprint density at radius 1 is 1.03 bits per heavy atom. The highest BCUT2D eigenvalue weighted by atomic mass is 16.5. The fourth-order valence-corrected chi connectivity index (χ4v) is 3.23. The molecular weight excluding hydrogens is 392 g/mol. The first-order valence-corrected chi connectivity index (χ1v) is 9.74.